The number of benzene rings is 1. The third-order valence-corrected chi connectivity index (χ3v) is 7.62. The van der Waals surface area contributed by atoms with E-state index in [1.54, 1.807) is 6.92 Å². The number of pyridine rings is 1. The molecule has 0 fully saturated rings. The highest BCUT2D eigenvalue weighted by atomic mass is 32.2. The number of primary sulfonamides is 1. The van der Waals surface area contributed by atoms with E-state index < -0.39 is 20.0 Å². The summed E-state index contributed by atoms with van der Waals surface area (Å²) in [5.41, 5.74) is 5.62. The summed E-state index contributed by atoms with van der Waals surface area (Å²) in [7, 11) is -7.88. The van der Waals surface area contributed by atoms with Gasteiger partial charge in [-0.1, -0.05) is 32.4 Å². The normalized spacial score (nSPS) is 13.9. The lowest BCUT2D eigenvalue weighted by Crippen LogP contribution is -2.32. The molecule has 0 spiro atoms. The molecule has 8 nitrogen and oxygen atoms in total. The fourth-order valence-electron chi connectivity index (χ4n) is 3.09. The number of unbranched alkanes of at least 4 members (excludes halogenated alkanes) is 1. The molecule has 0 aliphatic carbocycles. The maximum absolute atomic E-state index is 13.2. The van der Waals surface area contributed by atoms with E-state index in [2.05, 4.69) is 11.9 Å². The zero-order chi connectivity index (χ0) is 20.9. The van der Waals surface area contributed by atoms with E-state index in [0.29, 0.717) is 25.6 Å². The van der Waals surface area contributed by atoms with E-state index in [-0.39, 0.29) is 20.7 Å². The Bertz CT molecular complexity index is 1020. The Morgan fingerprint density at radius 2 is 1.82 bits per heavy atom. The monoisotopic (exact) mass is 428 g/mol. The van der Waals surface area contributed by atoms with Crippen LogP contribution in [0.1, 0.15) is 33.1 Å². The maximum Gasteiger partial charge on any atom is 0.256 e. The molecule has 1 aromatic carbocycles. The van der Waals surface area contributed by atoms with Gasteiger partial charge in [0, 0.05) is 30.1 Å². The maximum atomic E-state index is 13.2. The molecule has 1 atom stereocenters. The van der Waals surface area contributed by atoms with Gasteiger partial charge in [-0.2, -0.15) is 4.31 Å². The van der Waals surface area contributed by atoms with Gasteiger partial charge in [-0.15, -0.1) is 0 Å². The first-order valence-electron chi connectivity index (χ1n) is 9.23. The van der Waals surface area contributed by atoms with Crippen molar-refractivity contribution in [2.45, 2.75) is 43.0 Å². The van der Waals surface area contributed by atoms with Crippen molar-refractivity contribution in [2.24, 2.45) is 16.8 Å². The zero-order valence-corrected chi connectivity index (χ0v) is 17.8. The number of rotatable bonds is 10. The molecule has 2 rings (SSSR count). The Labute approximate surface area is 167 Å². The van der Waals surface area contributed by atoms with Gasteiger partial charge >= 0.3 is 0 Å². The SMILES string of the molecule is CCN(CCCCC(C)CN)S(=O)(=O)c1cccc2c(S(N)(=O)=O)nccc12. The van der Waals surface area contributed by atoms with E-state index in [0.717, 1.165) is 19.3 Å². The van der Waals surface area contributed by atoms with Gasteiger partial charge in [0.25, 0.3) is 10.0 Å². The van der Waals surface area contributed by atoms with Crippen molar-refractivity contribution in [3.8, 4) is 0 Å². The van der Waals surface area contributed by atoms with Crippen LogP contribution in [0.25, 0.3) is 10.8 Å². The highest BCUT2D eigenvalue weighted by molar-refractivity contribution is 7.89. The molecule has 0 amide bonds. The second-order valence-corrected chi connectivity index (χ2v) is 10.2. The molecule has 156 valence electrons. The first kappa shape index (κ1) is 22.7. The molecule has 0 aliphatic rings. The van der Waals surface area contributed by atoms with Crippen LogP contribution in [-0.2, 0) is 20.0 Å². The average molecular weight is 429 g/mol. The van der Waals surface area contributed by atoms with E-state index in [1.807, 2.05) is 0 Å². The van der Waals surface area contributed by atoms with Gasteiger partial charge in [0.15, 0.2) is 5.03 Å². The lowest BCUT2D eigenvalue weighted by atomic mass is 10.0. The molecule has 0 bridgehead atoms. The fraction of sp³-hybridized carbons (Fsp3) is 0.500. The summed E-state index contributed by atoms with van der Waals surface area (Å²) in [6.45, 7) is 5.17. The van der Waals surface area contributed by atoms with Crippen molar-refractivity contribution in [2.75, 3.05) is 19.6 Å². The lowest BCUT2D eigenvalue weighted by Gasteiger charge is -2.22. The van der Waals surface area contributed by atoms with Crippen LogP contribution < -0.4 is 10.9 Å². The van der Waals surface area contributed by atoms with Crippen LogP contribution in [-0.4, -0.2) is 45.8 Å². The standard InChI is InChI=1S/C18H28N4O4S2/c1-3-22(12-5-4-7-14(2)13-19)28(25,26)17-9-6-8-16-15(17)10-11-21-18(16)27(20,23)24/h6,8-11,14H,3-5,7,12-13,19H2,1-2H3,(H2,20,23,24). The molecule has 0 radical (unpaired) electrons. The summed E-state index contributed by atoms with van der Waals surface area (Å²) >= 11 is 0. The third kappa shape index (κ3) is 5.06. The molecule has 1 aromatic heterocycles. The van der Waals surface area contributed by atoms with Gasteiger partial charge in [-0.3, -0.25) is 0 Å². The van der Waals surface area contributed by atoms with Crippen molar-refractivity contribution in [1.29, 1.82) is 0 Å². The Morgan fingerprint density at radius 1 is 1.11 bits per heavy atom. The molecule has 0 aliphatic heterocycles. The number of aromatic nitrogens is 1. The van der Waals surface area contributed by atoms with E-state index in [9.17, 15) is 16.8 Å². The Morgan fingerprint density at radius 3 is 2.43 bits per heavy atom. The third-order valence-electron chi connectivity index (χ3n) is 4.73. The van der Waals surface area contributed by atoms with Crippen molar-refractivity contribution >= 4 is 30.8 Å². The van der Waals surface area contributed by atoms with Crippen LogP contribution in [0.15, 0.2) is 40.4 Å². The lowest BCUT2D eigenvalue weighted by molar-refractivity contribution is 0.402. The Kier molecular flexibility index (Phi) is 7.52. The van der Waals surface area contributed by atoms with Crippen molar-refractivity contribution < 1.29 is 16.8 Å². The first-order valence-corrected chi connectivity index (χ1v) is 12.2. The summed E-state index contributed by atoms with van der Waals surface area (Å²) in [6, 6.07) is 5.98. The molecule has 10 heteroatoms. The van der Waals surface area contributed by atoms with Gasteiger partial charge in [0.1, 0.15) is 0 Å². The molecule has 4 N–H and O–H groups in total. The number of nitrogens with zero attached hydrogens (tertiary/aromatic N) is 2. The summed E-state index contributed by atoms with van der Waals surface area (Å²) in [5, 5.41) is 5.38. The van der Waals surface area contributed by atoms with Crippen LogP contribution in [0.4, 0.5) is 0 Å². The average Bonchev–Trinajstić information content (AvgIpc) is 2.65. The van der Waals surface area contributed by atoms with Crippen molar-refractivity contribution in [1.82, 2.24) is 9.29 Å². The van der Waals surface area contributed by atoms with Crippen molar-refractivity contribution in [3.63, 3.8) is 0 Å². The first-order chi connectivity index (χ1) is 13.1. The number of sulfonamides is 2. The highest BCUT2D eigenvalue weighted by Gasteiger charge is 2.26. The van der Waals surface area contributed by atoms with E-state index in [1.165, 1.54) is 34.8 Å². The van der Waals surface area contributed by atoms with Crippen LogP contribution >= 0.6 is 0 Å². The zero-order valence-electron chi connectivity index (χ0n) is 16.2. The molecule has 2 aromatic rings. The minimum absolute atomic E-state index is 0.0504. The van der Waals surface area contributed by atoms with Gasteiger partial charge in [-0.05, 0) is 37.4 Å². The second kappa shape index (κ2) is 9.27. The van der Waals surface area contributed by atoms with Gasteiger partial charge in [0.2, 0.25) is 10.0 Å². The second-order valence-electron chi connectivity index (χ2n) is 6.85. The summed E-state index contributed by atoms with van der Waals surface area (Å²) < 4.78 is 51.5. The Balaban J connectivity index is 2.37. The number of fused-ring (bicyclic) bond motifs is 1. The number of nitrogens with two attached hydrogens (primary N) is 2. The van der Waals surface area contributed by atoms with Gasteiger partial charge in [0.05, 0.1) is 4.90 Å². The van der Waals surface area contributed by atoms with Crippen LogP contribution in [0, 0.1) is 5.92 Å². The topological polar surface area (TPSA) is 136 Å². The fourth-order valence-corrected chi connectivity index (χ4v) is 5.48. The molecular formula is C18H28N4O4S2. The molecule has 0 saturated carbocycles. The quantitative estimate of drug-likeness (QED) is 0.552. The van der Waals surface area contributed by atoms with E-state index in [4.69, 9.17) is 10.9 Å². The smallest absolute Gasteiger partial charge is 0.256 e. The Hall–Kier alpha value is -1.59. The largest absolute Gasteiger partial charge is 0.330 e. The predicted molar refractivity (Wildman–Crippen MR) is 110 cm³/mol. The minimum Gasteiger partial charge on any atom is -0.330 e. The molecular weight excluding hydrogens is 400 g/mol. The molecule has 1 unspecified atom stereocenters. The summed E-state index contributed by atoms with van der Waals surface area (Å²) in [4.78, 5) is 3.87. The van der Waals surface area contributed by atoms with Crippen molar-refractivity contribution in [3.05, 3.63) is 30.5 Å². The molecule has 0 saturated heterocycles. The summed E-state index contributed by atoms with van der Waals surface area (Å²) in [5.74, 6) is 0.411. The predicted octanol–water partition coefficient (Wildman–Crippen LogP) is 1.66. The minimum atomic E-state index is -4.08. The summed E-state index contributed by atoms with van der Waals surface area (Å²) in [6.07, 6.45) is 3.82. The van der Waals surface area contributed by atoms with Gasteiger partial charge in [-0.25, -0.2) is 27.0 Å². The molecule has 1 heterocycles. The number of hydrogen-bond acceptors (Lipinski definition) is 6. The highest BCUT2D eigenvalue weighted by Crippen LogP contribution is 2.28. The molecule has 28 heavy (non-hydrogen) atoms. The van der Waals surface area contributed by atoms with Gasteiger partial charge < -0.3 is 5.73 Å². The van der Waals surface area contributed by atoms with Crippen LogP contribution in [0.2, 0.25) is 0 Å². The van der Waals surface area contributed by atoms with Crippen LogP contribution in [0.5, 0.6) is 0 Å². The van der Waals surface area contributed by atoms with E-state index >= 15 is 0 Å². The van der Waals surface area contributed by atoms with Crippen LogP contribution in [0.3, 0.4) is 0 Å². The number of hydrogen-bond donors (Lipinski definition) is 2.